The molecule has 8 bridgehead atoms. The summed E-state index contributed by atoms with van der Waals surface area (Å²) in [7, 11) is 20.1. The zero-order valence-electron chi connectivity index (χ0n) is 23.4. The molecule has 0 radical (unpaired) electrons. The molecule has 0 aromatic heterocycles. The summed E-state index contributed by atoms with van der Waals surface area (Å²) in [4.78, 5) is 0. The van der Waals surface area contributed by atoms with Gasteiger partial charge in [0.25, 0.3) is 0 Å². The van der Waals surface area contributed by atoms with Gasteiger partial charge in [-0.2, -0.15) is 0 Å². The molecular weight excluding hydrogens is 707 g/mol. The fourth-order valence-electron chi connectivity index (χ4n) is 8.86. The van der Waals surface area contributed by atoms with Crippen molar-refractivity contribution in [1.29, 1.82) is 0 Å². The molecule has 0 nitrogen and oxygen atoms in total. The third-order valence-electron chi connectivity index (χ3n) is 10.8. The average molecular weight is 747 g/mol. The first kappa shape index (κ1) is 32.4. The normalized spacial score (nSPS) is 44.3. The maximum atomic E-state index is 6.70. The molecule has 9 heteroatoms. The van der Waals surface area contributed by atoms with Crippen LogP contribution < -0.4 is 0 Å². The Morgan fingerprint density at radius 1 is 0.488 bits per heavy atom. The van der Waals surface area contributed by atoms with Gasteiger partial charge in [-0.15, -0.1) is 0 Å². The number of halogens is 6. The van der Waals surface area contributed by atoms with E-state index < -0.39 is 25.4 Å². The van der Waals surface area contributed by atoms with E-state index in [-0.39, 0.29) is 0 Å². The summed E-state index contributed by atoms with van der Waals surface area (Å²) in [6.45, 7) is -1.08. The molecule has 8 rings (SSSR count). The molecule has 224 valence electrons. The van der Waals surface area contributed by atoms with E-state index >= 15 is 0 Å². The van der Waals surface area contributed by atoms with E-state index in [9.17, 15) is 0 Å². The van der Waals surface area contributed by atoms with E-state index in [0.29, 0.717) is 21.7 Å². The van der Waals surface area contributed by atoms with Gasteiger partial charge in [0, 0.05) is 21.7 Å². The van der Waals surface area contributed by atoms with Gasteiger partial charge in [0.2, 0.25) is 0 Å². The van der Waals surface area contributed by atoms with E-state index in [4.69, 9.17) is 59.7 Å². The molecule has 8 unspecified atom stereocenters. The Hall–Kier alpha value is 1.49. The standard InChI is InChI=1S/2C16H20ClP.4ClH.Ti/c2*17-18(11-15-5-1-13(9-15)2-6-15)12-16-7-3-14(10-16)4-8-16;;;;;/h2*1,3,5,7,11-14H,2,4,6,8-10H2;4*1H;/q;;;;;;+4/p-4. The van der Waals surface area contributed by atoms with Crippen molar-refractivity contribution in [2.75, 3.05) is 0 Å². The molecule has 0 saturated heterocycles. The summed E-state index contributed by atoms with van der Waals surface area (Å²) in [6, 6.07) is 0. The summed E-state index contributed by atoms with van der Waals surface area (Å²) < 4.78 is 0. The maximum absolute atomic E-state index is 6.70. The third-order valence-corrected chi connectivity index (χ3v) is 15.0. The minimum atomic E-state index is -3.11. The molecule has 8 aliphatic carbocycles. The van der Waals surface area contributed by atoms with Gasteiger partial charge in [-0.25, -0.2) is 0 Å². The van der Waals surface area contributed by atoms with Crippen molar-refractivity contribution in [1.82, 2.24) is 0 Å². The van der Waals surface area contributed by atoms with Gasteiger partial charge < -0.3 is 0 Å². The molecule has 0 amide bonds. The van der Waals surface area contributed by atoms with Crippen molar-refractivity contribution in [2.24, 2.45) is 45.3 Å². The molecule has 0 heterocycles. The van der Waals surface area contributed by atoms with Crippen LogP contribution in [0.5, 0.6) is 0 Å². The van der Waals surface area contributed by atoms with E-state index in [2.05, 4.69) is 71.8 Å². The van der Waals surface area contributed by atoms with Crippen molar-refractivity contribution >= 4 is 95.9 Å². The van der Waals surface area contributed by atoms with Crippen LogP contribution in [0.3, 0.4) is 0 Å². The van der Waals surface area contributed by atoms with Gasteiger partial charge in [0.1, 0.15) is 0 Å². The van der Waals surface area contributed by atoms with Crippen LogP contribution in [0, 0.1) is 45.3 Å². The topological polar surface area (TPSA) is 0 Å². The molecule has 4 saturated carbocycles. The molecule has 0 N–H and O–H groups in total. The van der Waals surface area contributed by atoms with E-state index in [1.165, 1.54) is 77.0 Å². The number of fused-ring (bicyclic) bond motifs is 8. The average Bonchev–Trinajstić information content (AvgIpc) is 3.73. The first-order chi connectivity index (χ1) is 19.3. The van der Waals surface area contributed by atoms with Crippen LogP contribution in [-0.4, -0.2) is 23.2 Å². The molecule has 0 spiro atoms. The van der Waals surface area contributed by atoms with Crippen LogP contribution in [0.15, 0.2) is 48.6 Å². The van der Waals surface area contributed by atoms with Crippen LogP contribution in [0.1, 0.15) is 77.0 Å². The molecule has 4 fully saturated rings. The Kier molecular flexibility index (Phi) is 9.97. The van der Waals surface area contributed by atoms with Crippen LogP contribution in [0.25, 0.3) is 0 Å². The SMILES string of the molecule is Cl/P(=C\C12C=CC(CC1)C2)=C\C12C=CC(CC1)C2.Cl/P(=C\C12C=CC(CC1)C2)=C\C12C=CC(CC1)C2.[Cl][Ti]([Cl])([Cl])[Cl]. The molecular formula is C32H40Cl6P2Ti. The first-order valence-electron chi connectivity index (χ1n) is 15.2. The van der Waals surface area contributed by atoms with E-state index in [0.717, 1.165) is 23.7 Å². The zero-order valence-corrected chi connectivity index (χ0v) is 31.3. The van der Waals surface area contributed by atoms with Gasteiger partial charge in [-0.05, 0) is 137 Å². The number of rotatable bonds is 4. The second-order valence-electron chi connectivity index (χ2n) is 14.0. The molecule has 8 atom stereocenters. The van der Waals surface area contributed by atoms with Gasteiger partial charge in [-0.1, -0.05) is 71.1 Å². The van der Waals surface area contributed by atoms with Crippen molar-refractivity contribution in [3.05, 3.63) is 48.6 Å². The number of allylic oxidation sites excluding steroid dienone is 8. The van der Waals surface area contributed by atoms with Gasteiger partial charge in [0.15, 0.2) is 0 Å². The molecule has 0 aromatic carbocycles. The Bertz CT molecular complexity index is 1160. The van der Waals surface area contributed by atoms with Gasteiger partial charge in [0.05, 0.1) is 0 Å². The van der Waals surface area contributed by atoms with Crippen molar-refractivity contribution < 1.29 is 12.3 Å². The number of hydrogen-bond acceptors (Lipinski definition) is 0. The summed E-state index contributed by atoms with van der Waals surface area (Å²) in [5.41, 5.74) is 1.47. The summed E-state index contributed by atoms with van der Waals surface area (Å²) >= 11 is 10.3. The second-order valence-corrected chi connectivity index (χ2v) is 34.2. The van der Waals surface area contributed by atoms with Crippen LogP contribution in [0.2, 0.25) is 0 Å². The van der Waals surface area contributed by atoms with Crippen molar-refractivity contribution in [2.45, 2.75) is 77.0 Å². The van der Waals surface area contributed by atoms with Gasteiger partial charge >= 0.3 is 49.6 Å². The van der Waals surface area contributed by atoms with E-state index in [1.807, 2.05) is 0 Å². The summed E-state index contributed by atoms with van der Waals surface area (Å²) in [6.07, 6.45) is 35.6. The fraction of sp³-hybridized carbons (Fsp3) is 0.625. The molecule has 0 aliphatic heterocycles. The van der Waals surface area contributed by atoms with E-state index in [1.54, 1.807) is 0 Å². The third kappa shape index (κ3) is 8.08. The van der Waals surface area contributed by atoms with Crippen molar-refractivity contribution in [3.8, 4) is 0 Å². The van der Waals surface area contributed by atoms with Gasteiger partial charge in [-0.3, -0.25) is 0 Å². The quantitative estimate of drug-likeness (QED) is 0.153. The molecule has 8 aliphatic rings. The summed E-state index contributed by atoms with van der Waals surface area (Å²) in [5.74, 6) is 13.3. The van der Waals surface area contributed by atoms with Crippen molar-refractivity contribution in [3.63, 3.8) is 0 Å². The Labute approximate surface area is 276 Å². The molecule has 41 heavy (non-hydrogen) atoms. The minimum absolute atomic E-state index is 0.367. The monoisotopic (exact) mass is 744 g/mol. The zero-order chi connectivity index (χ0) is 28.9. The first-order valence-corrected chi connectivity index (χ1v) is 28.6. The summed E-state index contributed by atoms with van der Waals surface area (Å²) in [5, 5.41) is 0. The predicted octanol–water partition coefficient (Wildman–Crippen LogP) is 12.6. The Morgan fingerprint density at radius 3 is 0.829 bits per heavy atom. The van der Waals surface area contributed by atoms with Crippen LogP contribution in [-0.2, 0) is 12.3 Å². The van der Waals surface area contributed by atoms with Crippen LogP contribution >= 0.6 is 72.7 Å². The second kappa shape index (κ2) is 12.6. The Balaban J connectivity index is 0.000000127. The van der Waals surface area contributed by atoms with Crippen LogP contribution in [0.4, 0.5) is 0 Å². The fourth-order valence-corrected chi connectivity index (χ4v) is 14.6. The predicted molar refractivity (Wildman–Crippen MR) is 189 cm³/mol. The Morgan fingerprint density at radius 2 is 0.707 bits per heavy atom. The number of hydrogen-bond donors (Lipinski definition) is 0. The molecule has 0 aromatic rings.